The van der Waals surface area contributed by atoms with Crippen LogP contribution in [-0.2, 0) is 16.0 Å². The van der Waals surface area contributed by atoms with E-state index in [1.54, 1.807) is 12.4 Å². The third-order valence-electron chi connectivity index (χ3n) is 6.79. The van der Waals surface area contributed by atoms with Gasteiger partial charge in [-0.15, -0.1) is 0 Å². The normalized spacial score (nSPS) is 21.6. The van der Waals surface area contributed by atoms with Crippen LogP contribution in [-0.4, -0.2) is 39.8 Å². The number of pyridine rings is 1. The quantitative estimate of drug-likeness (QED) is 0.756. The van der Waals surface area contributed by atoms with Gasteiger partial charge < -0.3 is 10.2 Å². The highest BCUT2D eigenvalue weighted by molar-refractivity contribution is 5.93. The summed E-state index contributed by atoms with van der Waals surface area (Å²) in [6.45, 7) is 4.63. The van der Waals surface area contributed by atoms with Crippen molar-refractivity contribution in [3.63, 3.8) is 0 Å². The minimum Gasteiger partial charge on any atom is -0.352 e. The number of carbonyl (C=O) groups is 2. The van der Waals surface area contributed by atoms with Gasteiger partial charge >= 0.3 is 0 Å². The summed E-state index contributed by atoms with van der Waals surface area (Å²) in [6, 6.07) is 12.3. The van der Waals surface area contributed by atoms with E-state index in [9.17, 15) is 9.59 Å². The fourth-order valence-corrected chi connectivity index (χ4v) is 5.29. The average molecular weight is 420 g/mol. The largest absolute Gasteiger partial charge is 0.352 e. The van der Waals surface area contributed by atoms with Crippen molar-refractivity contribution in [2.24, 2.45) is 5.92 Å². The molecule has 1 N–H and O–H groups in total. The maximum absolute atomic E-state index is 13.6. The molecule has 164 valence electrons. The van der Waals surface area contributed by atoms with Gasteiger partial charge in [-0.25, -0.2) is 0 Å². The van der Waals surface area contributed by atoms with E-state index in [4.69, 9.17) is 0 Å². The van der Waals surface area contributed by atoms with Crippen LogP contribution in [0.5, 0.6) is 0 Å². The molecule has 5 nitrogen and oxygen atoms in total. The number of hydrogen-bond acceptors (Lipinski definition) is 3. The molecule has 1 saturated carbocycles. The number of hydrogen-bond donors (Lipinski definition) is 1. The summed E-state index contributed by atoms with van der Waals surface area (Å²) in [5.74, 6) is 0.228. The van der Waals surface area contributed by atoms with Gasteiger partial charge in [0, 0.05) is 37.3 Å². The first-order valence-electron chi connectivity index (χ1n) is 11.6. The number of aromatic nitrogens is 1. The third-order valence-corrected chi connectivity index (χ3v) is 6.79. The molecule has 0 spiro atoms. The number of carbonyl (C=O) groups excluding carboxylic acids is 2. The molecule has 0 bridgehead atoms. The fourth-order valence-electron chi connectivity index (χ4n) is 5.29. The minimum atomic E-state index is -0.826. The molecule has 0 radical (unpaired) electrons. The number of nitrogens with zero attached hydrogens (tertiary/aromatic N) is 2. The van der Waals surface area contributed by atoms with E-state index < -0.39 is 5.54 Å². The summed E-state index contributed by atoms with van der Waals surface area (Å²) in [6.07, 6.45) is 9.80. The molecule has 2 heterocycles. The van der Waals surface area contributed by atoms with Crippen LogP contribution in [0.1, 0.15) is 57.9 Å². The first kappa shape index (κ1) is 21.5. The van der Waals surface area contributed by atoms with Crippen molar-refractivity contribution < 1.29 is 9.59 Å². The summed E-state index contributed by atoms with van der Waals surface area (Å²) in [5, 5.41) is 3.14. The van der Waals surface area contributed by atoms with Crippen LogP contribution in [0, 0.1) is 5.92 Å². The van der Waals surface area contributed by atoms with Crippen LogP contribution in [0.3, 0.4) is 0 Å². The van der Waals surface area contributed by atoms with Crippen LogP contribution in [0.25, 0.3) is 11.1 Å². The smallest absolute Gasteiger partial charge is 0.246 e. The van der Waals surface area contributed by atoms with E-state index in [-0.39, 0.29) is 23.8 Å². The summed E-state index contributed by atoms with van der Waals surface area (Å²) in [7, 11) is 0. The van der Waals surface area contributed by atoms with Crippen molar-refractivity contribution in [1.82, 2.24) is 15.2 Å². The summed E-state index contributed by atoms with van der Waals surface area (Å²) in [5.41, 5.74) is 2.45. The standard InChI is InChI=1S/C26H33N3O2/c1-19(2)28-25(31)26(14-7-17-29(26)24(30)21-8-3-4-9-21)18-22-10-5-6-11-23(22)20-12-15-27-16-13-20/h5-6,10-13,15-16,19,21H,3-4,7-9,14,17-18H2,1-2H3,(H,28,31). The zero-order valence-electron chi connectivity index (χ0n) is 18.6. The molecule has 1 unspecified atom stereocenters. The molecule has 2 aliphatic rings. The Hall–Kier alpha value is -2.69. The van der Waals surface area contributed by atoms with Crippen molar-refractivity contribution in [1.29, 1.82) is 0 Å². The third kappa shape index (κ3) is 4.36. The Bertz CT molecular complexity index is 921. The molecule has 1 aromatic heterocycles. The molecule has 1 saturated heterocycles. The summed E-state index contributed by atoms with van der Waals surface area (Å²) >= 11 is 0. The van der Waals surface area contributed by atoms with Gasteiger partial charge in [-0.05, 0) is 68.4 Å². The molecule has 1 aromatic carbocycles. The van der Waals surface area contributed by atoms with Gasteiger partial charge in [-0.2, -0.15) is 0 Å². The molecule has 5 heteroatoms. The Kier molecular flexibility index (Phi) is 6.40. The lowest BCUT2D eigenvalue weighted by molar-refractivity contribution is -0.148. The lowest BCUT2D eigenvalue weighted by Gasteiger charge is -2.39. The summed E-state index contributed by atoms with van der Waals surface area (Å²) < 4.78 is 0. The predicted octanol–water partition coefficient (Wildman–Crippen LogP) is 4.37. The van der Waals surface area contributed by atoms with Crippen LogP contribution < -0.4 is 5.32 Å². The average Bonchev–Trinajstić information content (AvgIpc) is 3.45. The lowest BCUT2D eigenvalue weighted by atomic mass is 9.83. The number of amides is 2. The van der Waals surface area contributed by atoms with Crippen LogP contribution in [0.4, 0.5) is 0 Å². The molecular formula is C26H33N3O2. The highest BCUT2D eigenvalue weighted by Gasteiger charge is 2.51. The molecule has 1 aliphatic heterocycles. The van der Waals surface area contributed by atoms with E-state index in [0.717, 1.165) is 48.8 Å². The maximum Gasteiger partial charge on any atom is 0.246 e. The molecule has 2 aromatic rings. The van der Waals surface area contributed by atoms with Crippen molar-refractivity contribution in [3.05, 3.63) is 54.4 Å². The highest BCUT2D eigenvalue weighted by Crippen LogP contribution is 2.39. The fraction of sp³-hybridized carbons (Fsp3) is 0.500. The second-order valence-electron chi connectivity index (χ2n) is 9.30. The van der Waals surface area contributed by atoms with E-state index >= 15 is 0 Å². The van der Waals surface area contributed by atoms with Crippen LogP contribution in [0.2, 0.25) is 0 Å². The Morgan fingerprint density at radius 3 is 2.52 bits per heavy atom. The Morgan fingerprint density at radius 1 is 1.10 bits per heavy atom. The second-order valence-corrected chi connectivity index (χ2v) is 9.30. The molecule has 4 rings (SSSR count). The lowest BCUT2D eigenvalue weighted by Crippen LogP contribution is -2.60. The van der Waals surface area contributed by atoms with Crippen molar-refractivity contribution in [2.75, 3.05) is 6.54 Å². The topological polar surface area (TPSA) is 62.3 Å². The van der Waals surface area contributed by atoms with Gasteiger partial charge in [0.15, 0.2) is 0 Å². The molecule has 1 atom stereocenters. The number of benzene rings is 1. The zero-order valence-corrected chi connectivity index (χ0v) is 18.6. The minimum absolute atomic E-state index is 0.0177. The first-order chi connectivity index (χ1) is 15.0. The van der Waals surface area contributed by atoms with Crippen molar-refractivity contribution in [2.45, 2.75) is 70.4 Å². The predicted molar refractivity (Wildman–Crippen MR) is 122 cm³/mol. The molecular weight excluding hydrogens is 386 g/mol. The monoisotopic (exact) mass is 419 g/mol. The van der Waals surface area contributed by atoms with E-state index in [2.05, 4.69) is 22.4 Å². The van der Waals surface area contributed by atoms with E-state index in [0.29, 0.717) is 19.4 Å². The number of rotatable bonds is 6. The highest BCUT2D eigenvalue weighted by atomic mass is 16.2. The van der Waals surface area contributed by atoms with E-state index in [1.165, 1.54) is 0 Å². The molecule has 1 aliphatic carbocycles. The first-order valence-corrected chi connectivity index (χ1v) is 11.6. The molecule has 2 fully saturated rings. The summed E-state index contributed by atoms with van der Waals surface area (Å²) in [4.78, 5) is 33.3. The number of nitrogens with one attached hydrogen (secondary N) is 1. The van der Waals surface area contributed by atoms with Crippen molar-refractivity contribution >= 4 is 11.8 Å². The molecule has 2 amide bonds. The van der Waals surface area contributed by atoms with Gasteiger partial charge in [0.25, 0.3) is 0 Å². The van der Waals surface area contributed by atoms with Crippen molar-refractivity contribution in [3.8, 4) is 11.1 Å². The maximum atomic E-state index is 13.6. The van der Waals surface area contributed by atoms with Gasteiger partial charge in [0.05, 0.1) is 0 Å². The van der Waals surface area contributed by atoms with Gasteiger partial charge in [0.1, 0.15) is 5.54 Å². The van der Waals surface area contributed by atoms with Gasteiger partial charge in [-0.3, -0.25) is 14.6 Å². The molecule has 31 heavy (non-hydrogen) atoms. The van der Waals surface area contributed by atoms with Gasteiger partial charge in [-0.1, -0.05) is 37.1 Å². The number of likely N-dealkylation sites (tertiary alicyclic amines) is 1. The Balaban J connectivity index is 1.73. The Morgan fingerprint density at radius 2 is 1.81 bits per heavy atom. The SMILES string of the molecule is CC(C)NC(=O)C1(Cc2ccccc2-c2ccncc2)CCCN1C(=O)C1CCCC1. The van der Waals surface area contributed by atoms with Crippen LogP contribution >= 0.6 is 0 Å². The second kappa shape index (κ2) is 9.21. The van der Waals surface area contributed by atoms with E-state index in [1.807, 2.05) is 43.0 Å². The Labute approximate surface area is 185 Å². The van der Waals surface area contributed by atoms with Gasteiger partial charge in [0.2, 0.25) is 11.8 Å². The van der Waals surface area contributed by atoms with Crippen LogP contribution in [0.15, 0.2) is 48.8 Å². The zero-order chi connectivity index (χ0) is 21.8.